The molecule has 3 aromatic rings. The Morgan fingerprint density at radius 1 is 0.872 bits per heavy atom. The molecule has 0 aliphatic heterocycles. The lowest BCUT2D eigenvalue weighted by molar-refractivity contribution is -0.141. The number of sulfonamides is 1. The molecule has 0 unspecified atom stereocenters. The van der Waals surface area contributed by atoms with E-state index in [0.29, 0.717) is 17.9 Å². The van der Waals surface area contributed by atoms with Gasteiger partial charge in [0.05, 0.1) is 4.90 Å². The topological polar surface area (TPSA) is 86.8 Å². The maximum atomic E-state index is 13.7. The van der Waals surface area contributed by atoms with E-state index in [-0.39, 0.29) is 42.3 Å². The first-order valence-electron chi connectivity index (χ1n) is 13.0. The Labute approximate surface area is 236 Å². The molecule has 0 bridgehead atoms. The second-order valence-electron chi connectivity index (χ2n) is 9.76. The molecule has 1 atom stereocenters. The van der Waals surface area contributed by atoms with Gasteiger partial charge in [0.1, 0.15) is 6.04 Å². The number of amides is 2. The van der Waals surface area contributed by atoms with Crippen LogP contribution in [0.4, 0.5) is 0 Å². The molecule has 0 aliphatic carbocycles. The van der Waals surface area contributed by atoms with Gasteiger partial charge in [-0.05, 0) is 55.7 Å². The van der Waals surface area contributed by atoms with Crippen LogP contribution in [-0.4, -0.2) is 55.1 Å². The highest BCUT2D eigenvalue weighted by molar-refractivity contribution is 7.89. The van der Waals surface area contributed by atoms with Crippen LogP contribution >= 0.6 is 11.6 Å². The molecule has 0 fully saturated rings. The van der Waals surface area contributed by atoms with Crippen LogP contribution in [0.2, 0.25) is 5.02 Å². The van der Waals surface area contributed by atoms with E-state index in [2.05, 4.69) is 5.32 Å². The van der Waals surface area contributed by atoms with E-state index >= 15 is 0 Å². The molecule has 39 heavy (non-hydrogen) atoms. The van der Waals surface area contributed by atoms with Crippen molar-refractivity contribution < 1.29 is 18.0 Å². The number of rotatable bonds is 13. The van der Waals surface area contributed by atoms with Crippen molar-refractivity contribution >= 4 is 33.4 Å². The van der Waals surface area contributed by atoms with Crippen LogP contribution in [0.1, 0.15) is 37.8 Å². The minimum Gasteiger partial charge on any atom is -0.352 e. The third kappa shape index (κ3) is 8.92. The van der Waals surface area contributed by atoms with Crippen molar-refractivity contribution in [1.29, 1.82) is 0 Å². The van der Waals surface area contributed by atoms with Crippen LogP contribution in [0.15, 0.2) is 89.8 Å². The van der Waals surface area contributed by atoms with E-state index in [0.717, 1.165) is 11.1 Å². The Kier molecular flexibility index (Phi) is 11.1. The summed E-state index contributed by atoms with van der Waals surface area (Å²) in [5.74, 6) is -0.463. The summed E-state index contributed by atoms with van der Waals surface area (Å²) >= 11 is 6.07. The lowest BCUT2D eigenvalue weighted by Gasteiger charge is -2.32. The maximum Gasteiger partial charge on any atom is 0.243 e. The summed E-state index contributed by atoms with van der Waals surface area (Å²) in [7, 11) is -2.16. The standard InChI is InChI=1S/C30H36ClN3O4S/c1-23(2)32-30(36)28(21-24-11-6-4-7-12-24)34(22-25-16-18-26(31)19-17-25)29(35)15-10-20-33(3)39(37,38)27-13-8-5-9-14-27/h4-9,11-14,16-19,23,28H,10,15,20-22H2,1-3H3,(H,32,36)/t28-/m1/s1. The minimum atomic E-state index is -3.66. The molecule has 2 amide bonds. The van der Waals surface area contributed by atoms with Gasteiger partial charge in [-0.1, -0.05) is 72.3 Å². The molecule has 0 heterocycles. The summed E-state index contributed by atoms with van der Waals surface area (Å²) in [4.78, 5) is 28.9. The van der Waals surface area contributed by atoms with Gasteiger partial charge in [0.25, 0.3) is 0 Å². The van der Waals surface area contributed by atoms with Crippen LogP contribution < -0.4 is 5.32 Å². The fourth-order valence-electron chi connectivity index (χ4n) is 4.21. The smallest absolute Gasteiger partial charge is 0.243 e. The summed E-state index contributed by atoms with van der Waals surface area (Å²) < 4.78 is 27.0. The Morgan fingerprint density at radius 3 is 2.05 bits per heavy atom. The van der Waals surface area contributed by atoms with Crippen molar-refractivity contribution in [3.05, 3.63) is 101 Å². The number of carbonyl (C=O) groups excluding carboxylic acids is 2. The quantitative estimate of drug-likeness (QED) is 0.317. The summed E-state index contributed by atoms with van der Waals surface area (Å²) in [5.41, 5.74) is 1.77. The predicted octanol–water partition coefficient (Wildman–Crippen LogP) is 4.91. The number of benzene rings is 3. The van der Waals surface area contributed by atoms with Crippen molar-refractivity contribution in [2.45, 2.75) is 56.6 Å². The normalized spacial score (nSPS) is 12.4. The van der Waals surface area contributed by atoms with Gasteiger partial charge in [-0.3, -0.25) is 9.59 Å². The van der Waals surface area contributed by atoms with Gasteiger partial charge >= 0.3 is 0 Å². The van der Waals surface area contributed by atoms with Crippen molar-refractivity contribution in [3.8, 4) is 0 Å². The first-order valence-corrected chi connectivity index (χ1v) is 14.8. The third-order valence-electron chi connectivity index (χ3n) is 6.28. The van der Waals surface area contributed by atoms with Gasteiger partial charge in [-0.25, -0.2) is 12.7 Å². The minimum absolute atomic E-state index is 0.0858. The third-order valence-corrected chi connectivity index (χ3v) is 8.41. The molecular formula is C30H36ClN3O4S. The molecule has 0 saturated carbocycles. The van der Waals surface area contributed by atoms with Crippen molar-refractivity contribution in [2.24, 2.45) is 0 Å². The Morgan fingerprint density at radius 2 is 1.46 bits per heavy atom. The number of nitrogens with zero attached hydrogens (tertiary/aromatic N) is 2. The predicted molar refractivity (Wildman–Crippen MR) is 155 cm³/mol. The zero-order chi connectivity index (χ0) is 28.4. The SMILES string of the molecule is CC(C)NC(=O)[C@@H](Cc1ccccc1)N(Cc1ccc(Cl)cc1)C(=O)CCCN(C)S(=O)(=O)c1ccccc1. The first-order chi connectivity index (χ1) is 18.6. The van der Waals surface area contributed by atoms with E-state index in [4.69, 9.17) is 11.6 Å². The molecular weight excluding hydrogens is 534 g/mol. The monoisotopic (exact) mass is 569 g/mol. The van der Waals surface area contributed by atoms with Gasteiger partial charge in [0.2, 0.25) is 21.8 Å². The molecule has 3 rings (SSSR count). The summed E-state index contributed by atoms with van der Waals surface area (Å²) in [6.45, 7) is 4.15. The molecule has 3 aromatic carbocycles. The molecule has 0 radical (unpaired) electrons. The summed E-state index contributed by atoms with van der Waals surface area (Å²) in [6.07, 6.45) is 0.742. The zero-order valence-electron chi connectivity index (χ0n) is 22.6. The van der Waals surface area contributed by atoms with Crippen molar-refractivity contribution in [2.75, 3.05) is 13.6 Å². The van der Waals surface area contributed by atoms with Crippen LogP contribution in [-0.2, 0) is 32.6 Å². The fourth-order valence-corrected chi connectivity index (χ4v) is 5.57. The van der Waals surface area contributed by atoms with E-state index in [1.54, 1.807) is 47.4 Å². The van der Waals surface area contributed by atoms with E-state index in [1.165, 1.54) is 11.4 Å². The highest BCUT2D eigenvalue weighted by Crippen LogP contribution is 2.19. The van der Waals surface area contributed by atoms with Gasteiger partial charge in [0, 0.05) is 44.0 Å². The molecule has 0 aliphatic rings. The van der Waals surface area contributed by atoms with Crippen LogP contribution in [0.5, 0.6) is 0 Å². The maximum absolute atomic E-state index is 13.7. The lowest BCUT2D eigenvalue weighted by Crippen LogP contribution is -2.51. The Hall–Kier alpha value is -3.20. The number of halogens is 1. The Bertz CT molecular complexity index is 1320. The van der Waals surface area contributed by atoms with E-state index in [9.17, 15) is 18.0 Å². The number of nitrogens with one attached hydrogen (secondary N) is 1. The van der Waals surface area contributed by atoms with Crippen LogP contribution in [0.25, 0.3) is 0 Å². The van der Waals surface area contributed by atoms with Gasteiger partial charge < -0.3 is 10.2 Å². The first kappa shape index (κ1) is 30.3. The average Bonchev–Trinajstić information content (AvgIpc) is 2.92. The fraction of sp³-hybridized carbons (Fsp3) is 0.333. The average molecular weight is 570 g/mol. The molecule has 208 valence electrons. The van der Waals surface area contributed by atoms with Crippen LogP contribution in [0.3, 0.4) is 0 Å². The van der Waals surface area contributed by atoms with Gasteiger partial charge in [-0.15, -0.1) is 0 Å². The highest BCUT2D eigenvalue weighted by Gasteiger charge is 2.31. The zero-order valence-corrected chi connectivity index (χ0v) is 24.2. The van der Waals surface area contributed by atoms with Gasteiger partial charge in [-0.2, -0.15) is 0 Å². The second-order valence-corrected chi connectivity index (χ2v) is 12.2. The second kappa shape index (κ2) is 14.3. The molecule has 0 saturated heterocycles. The number of hydrogen-bond acceptors (Lipinski definition) is 4. The van der Waals surface area contributed by atoms with Crippen molar-refractivity contribution in [1.82, 2.24) is 14.5 Å². The molecule has 0 spiro atoms. The highest BCUT2D eigenvalue weighted by atomic mass is 35.5. The Balaban J connectivity index is 1.81. The molecule has 9 heteroatoms. The molecule has 1 N–H and O–H groups in total. The lowest BCUT2D eigenvalue weighted by atomic mass is 10.0. The van der Waals surface area contributed by atoms with E-state index in [1.807, 2.05) is 56.3 Å². The number of carbonyl (C=O) groups is 2. The van der Waals surface area contributed by atoms with Crippen LogP contribution in [0, 0.1) is 0 Å². The number of hydrogen-bond donors (Lipinski definition) is 1. The molecule has 0 aromatic heterocycles. The summed E-state index contributed by atoms with van der Waals surface area (Å²) in [6, 6.07) is 24.1. The summed E-state index contributed by atoms with van der Waals surface area (Å²) in [5, 5.41) is 3.55. The van der Waals surface area contributed by atoms with E-state index < -0.39 is 16.1 Å². The van der Waals surface area contributed by atoms with Gasteiger partial charge in [0.15, 0.2) is 0 Å². The largest absolute Gasteiger partial charge is 0.352 e. The van der Waals surface area contributed by atoms with Crippen molar-refractivity contribution in [3.63, 3.8) is 0 Å². The molecule has 7 nitrogen and oxygen atoms in total.